The Labute approximate surface area is 176 Å². The van der Waals surface area contributed by atoms with Gasteiger partial charge in [-0.25, -0.2) is 0 Å². The van der Waals surface area contributed by atoms with Crippen LogP contribution in [0.25, 0.3) is 12.2 Å². The van der Waals surface area contributed by atoms with Crippen LogP contribution in [-0.2, 0) is 0 Å². The number of nitrogens with zero attached hydrogens (tertiary/aromatic N) is 1. The van der Waals surface area contributed by atoms with Crippen LogP contribution in [0.5, 0.6) is 11.5 Å². The predicted octanol–water partition coefficient (Wildman–Crippen LogP) is 7.06. The normalized spacial score (nSPS) is 12.3. The van der Waals surface area contributed by atoms with Crippen molar-refractivity contribution in [2.75, 3.05) is 11.7 Å². The maximum absolute atomic E-state index is 5.46. The van der Waals surface area contributed by atoms with E-state index in [1.165, 1.54) is 0 Å². The van der Waals surface area contributed by atoms with Gasteiger partial charge in [0.1, 0.15) is 0 Å². The van der Waals surface area contributed by atoms with E-state index in [4.69, 9.17) is 9.47 Å². The van der Waals surface area contributed by atoms with Crippen molar-refractivity contribution in [2.45, 2.75) is 0 Å². The van der Waals surface area contributed by atoms with Crippen molar-refractivity contribution in [3.8, 4) is 11.5 Å². The van der Waals surface area contributed by atoms with Gasteiger partial charge in [0, 0.05) is 17.1 Å². The minimum atomic E-state index is 0.295. The quantitative estimate of drug-likeness (QED) is 0.340. The monoisotopic (exact) mass is 391 g/mol. The highest BCUT2D eigenvalue weighted by Gasteiger charge is 2.13. The van der Waals surface area contributed by atoms with Gasteiger partial charge in [-0.2, -0.15) is 0 Å². The van der Waals surface area contributed by atoms with Crippen LogP contribution in [0.2, 0.25) is 0 Å². The Bertz CT molecular complexity index is 1110. The van der Waals surface area contributed by atoms with Gasteiger partial charge in [0.15, 0.2) is 11.5 Å². The van der Waals surface area contributed by atoms with Crippen molar-refractivity contribution in [1.29, 1.82) is 0 Å². The van der Waals surface area contributed by atoms with Crippen LogP contribution in [0.1, 0.15) is 11.1 Å². The average molecular weight is 391 g/mol. The second-order valence-corrected chi connectivity index (χ2v) is 7.04. The average Bonchev–Trinajstić information content (AvgIpc) is 3.28. The van der Waals surface area contributed by atoms with E-state index in [1.54, 1.807) is 0 Å². The number of fused-ring (bicyclic) bond motifs is 1. The fourth-order valence-electron chi connectivity index (χ4n) is 3.55. The largest absolute Gasteiger partial charge is 0.454 e. The zero-order valence-corrected chi connectivity index (χ0v) is 16.4. The third kappa shape index (κ3) is 3.78. The first-order chi connectivity index (χ1) is 14.9. The van der Waals surface area contributed by atoms with Crippen molar-refractivity contribution >= 4 is 29.2 Å². The van der Waals surface area contributed by atoms with Crippen LogP contribution < -0.4 is 14.4 Å². The summed E-state index contributed by atoms with van der Waals surface area (Å²) < 4.78 is 10.8. The summed E-state index contributed by atoms with van der Waals surface area (Å²) in [5.41, 5.74) is 5.60. The van der Waals surface area contributed by atoms with E-state index in [1.807, 2.05) is 30.3 Å². The van der Waals surface area contributed by atoms with Gasteiger partial charge < -0.3 is 14.4 Å². The third-order valence-corrected chi connectivity index (χ3v) is 5.04. The summed E-state index contributed by atoms with van der Waals surface area (Å²) in [6, 6.07) is 35.4. The summed E-state index contributed by atoms with van der Waals surface area (Å²) in [7, 11) is 0. The molecule has 0 aromatic heterocycles. The van der Waals surface area contributed by atoms with Crippen molar-refractivity contribution in [3.63, 3.8) is 0 Å². The summed E-state index contributed by atoms with van der Waals surface area (Å²) >= 11 is 0. The fraction of sp³-hybridized carbons (Fsp3) is 0.0370. The number of rotatable bonds is 5. The van der Waals surface area contributed by atoms with E-state index in [0.717, 1.165) is 39.7 Å². The minimum Gasteiger partial charge on any atom is -0.454 e. The molecule has 3 heteroatoms. The molecule has 3 nitrogen and oxygen atoms in total. The van der Waals surface area contributed by atoms with Gasteiger partial charge in [0.25, 0.3) is 0 Å². The molecular formula is C27H21NO2. The number of ether oxygens (including phenoxy) is 2. The predicted molar refractivity (Wildman–Crippen MR) is 123 cm³/mol. The Morgan fingerprint density at radius 2 is 1.07 bits per heavy atom. The van der Waals surface area contributed by atoms with Crippen LogP contribution in [0.3, 0.4) is 0 Å². The number of hydrogen-bond donors (Lipinski definition) is 0. The SMILES string of the molecule is C(=Cc1ccc2c(c1)OCO2)c1ccc(N(c2ccccc2)c2ccccc2)cc1. The first-order valence-electron chi connectivity index (χ1n) is 9.95. The Balaban J connectivity index is 1.41. The molecule has 0 saturated heterocycles. The van der Waals surface area contributed by atoms with Crippen LogP contribution in [0.15, 0.2) is 103 Å². The fourth-order valence-corrected chi connectivity index (χ4v) is 3.55. The molecular weight excluding hydrogens is 370 g/mol. The molecule has 0 fully saturated rings. The molecule has 5 rings (SSSR count). The van der Waals surface area contributed by atoms with E-state index in [-0.39, 0.29) is 0 Å². The Kier molecular flexibility index (Phi) is 4.93. The summed E-state index contributed by atoms with van der Waals surface area (Å²) in [6.07, 6.45) is 4.19. The standard InChI is InChI=1S/C27H21NO2/c1-3-7-23(8-4-1)28(24-9-5-2-6-10-24)25-16-13-21(14-17-25)11-12-22-15-18-26-27(19-22)30-20-29-26/h1-19H,20H2. The lowest BCUT2D eigenvalue weighted by atomic mass is 10.1. The molecule has 1 heterocycles. The van der Waals surface area contributed by atoms with Crippen LogP contribution in [-0.4, -0.2) is 6.79 Å². The molecule has 4 aromatic carbocycles. The molecule has 146 valence electrons. The molecule has 0 bridgehead atoms. The highest BCUT2D eigenvalue weighted by molar-refractivity contribution is 5.78. The van der Waals surface area contributed by atoms with E-state index in [2.05, 4.69) is 89.8 Å². The summed E-state index contributed by atoms with van der Waals surface area (Å²) in [4.78, 5) is 2.26. The summed E-state index contributed by atoms with van der Waals surface area (Å²) in [5, 5.41) is 0. The van der Waals surface area contributed by atoms with E-state index in [0.29, 0.717) is 6.79 Å². The lowest BCUT2D eigenvalue weighted by molar-refractivity contribution is 0.174. The number of para-hydroxylation sites is 2. The van der Waals surface area contributed by atoms with Gasteiger partial charge in [-0.15, -0.1) is 0 Å². The van der Waals surface area contributed by atoms with Crippen LogP contribution in [0, 0.1) is 0 Å². The van der Waals surface area contributed by atoms with Gasteiger partial charge in [-0.1, -0.05) is 66.7 Å². The molecule has 0 unspecified atom stereocenters. The molecule has 0 radical (unpaired) electrons. The Morgan fingerprint density at radius 1 is 0.533 bits per heavy atom. The summed E-state index contributed by atoms with van der Waals surface area (Å²) in [5.74, 6) is 1.60. The highest BCUT2D eigenvalue weighted by Crippen LogP contribution is 2.35. The minimum absolute atomic E-state index is 0.295. The van der Waals surface area contributed by atoms with Crippen molar-refractivity contribution in [1.82, 2.24) is 0 Å². The van der Waals surface area contributed by atoms with Gasteiger partial charge >= 0.3 is 0 Å². The molecule has 0 atom stereocenters. The number of anilines is 3. The maximum atomic E-state index is 5.46. The molecule has 1 aliphatic heterocycles. The smallest absolute Gasteiger partial charge is 0.231 e. The molecule has 0 saturated carbocycles. The van der Waals surface area contributed by atoms with Gasteiger partial charge in [-0.3, -0.25) is 0 Å². The third-order valence-electron chi connectivity index (χ3n) is 5.04. The highest BCUT2D eigenvalue weighted by atomic mass is 16.7. The number of benzene rings is 4. The first-order valence-corrected chi connectivity index (χ1v) is 9.95. The van der Waals surface area contributed by atoms with Crippen LogP contribution in [0.4, 0.5) is 17.1 Å². The Hall–Kier alpha value is -3.98. The van der Waals surface area contributed by atoms with E-state index >= 15 is 0 Å². The van der Waals surface area contributed by atoms with E-state index in [9.17, 15) is 0 Å². The second kappa shape index (κ2) is 8.18. The molecule has 0 spiro atoms. The van der Waals surface area contributed by atoms with Crippen molar-refractivity contribution < 1.29 is 9.47 Å². The lowest BCUT2D eigenvalue weighted by Gasteiger charge is -2.25. The number of hydrogen-bond acceptors (Lipinski definition) is 3. The van der Waals surface area contributed by atoms with Gasteiger partial charge in [-0.05, 0) is 59.7 Å². The molecule has 4 aromatic rings. The maximum Gasteiger partial charge on any atom is 0.231 e. The first kappa shape index (κ1) is 18.1. The zero-order valence-electron chi connectivity index (χ0n) is 16.4. The topological polar surface area (TPSA) is 21.7 Å². The lowest BCUT2D eigenvalue weighted by Crippen LogP contribution is -2.09. The molecule has 1 aliphatic rings. The Morgan fingerprint density at radius 3 is 1.73 bits per heavy atom. The summed E-state index contributed by atoms with van der Waals surface area (Å²) in [6.45, 7) is 0.295. The van der Waals surface area contributed by atoms with Gasteiger partial charge in [0.05, 0.1) is 0 Å². The molecule has 0 N–H and O–H groups in total. The second-order valence-electron chi connectivity index (χ2n) is 7.04. The molecule has 0 aliphatic carbocycles. The zero-order chi connectivity index (χ0) is 20.2. The van der Waals surface area contributed by atoms with Gasteiger partial charge in [0.2, 0.25) is 6.79 Å². The van der Waals surface area contributed by atoms with Crippen molar-refractivity contribution in [3.05, 3.63) is 114 Å². The molecule has 0 amide bonds. The molecule has 30 heavy (non-hydrogen) atoms. The van der Waals surface area contributed by atoms with Crippen molar-refractivity contribution in [2.24, 2.45) is 0 Å². The van der Waals surface area contributed by atoms with E-state index < -0.39 is 0 Å². The van der Waals surface area contributed by atoms with Crippen LogP contribution >= 0.6 is 0 Å².